The van der Waals surface area contributed by atoms with Crippen molar-refractivity contribution < 1.29 is 19.4 Å². The van der Waals surface area contributed by atoms with Gasteiger partial charge < -0.3 is 19.1 Å². The minimum atomic E-state index is -0.767. The van der Waals surface area contributed by atoms with E-state index in [1.54, 1.807) is 39.9 Å². The number of pyridine rings is 2. The molecule has 1 aliphatic heterocycles. The summed E-state index contributed by atoms with van der Waals surface area (Å²) in [5.74, 6) is 0.210. The number of carboxylic acids is 1. The molecule has 0 amide bonds. The summed E-state index contributed by atoms with van der Waals surface area (Å²) in [7, 11) is 4.91. The molecule has 0 atom stereocenters. The normalized spacial score (nSPS) is 13.8. The molecule has 0 bridgehead atoms. The zero-order valence-electron chi connectivity index (χ0n) is 19.1. The molecule has 1 saturated heterocycles. The van der Waals surface area contributed by atoms with Crippen LogP contribution in [-0.2, 0) is 18.4 Å². The summed E-state index contributed by atoms with van der Waals surface area (Å²) < 4.78 is 12.9. The number of aryl methyl sites for hydroxylation is 1. The maximum absolute atomic E-state index is 12.5. The van der Waals surface area contributed by atoms with E-state index < -0.39 is 5.97 Å². The average molecular weight is 440 g/mol. The summed E-state index contributed by atoms with van der Waals surface area (Å²) in [6.45, 7) is 5.54. The van der Waals surface area contributed by atoms with Crippen LogP contribution in [0.3, 0.4) is 0 Å². The third-order valence-corrected chi connectivity index (χ3v) is 5.59. The lowest BCUT2D eigenvalue weighted by Gasteiger charge is -2.37. The topological polar surface area (TPSA) is 93.9 Å². The number of likely N-dealkylation sites (tertiary alicyclic amines) is 1. The van der Waals surface area contributed by atoms with E-state index in [0.717, 1.165) is 22.1 Å². The molecule has 0 saturated carbocycles. The number of hydrogen-bond donors (Lipinski definition) is 1. The highest BCUT2D eigenvalue weighted by Crippen LogP contribution is 2.38. The lowest BCUT2D eigenvalue weighted by Crippen LogP contribution is -2.49. The van der Waals surface area contributed by atoms with Crippen molar-refractivity contribution in [3.8, 4) is 22.6 Å². The Morgan fingerprint density at radius 3 is 2.34 bits per heavy atom. The highest BCUT2D eigenvalue weighted by molar-refractivity contribution is 5.95. The van der Waals surface area contributed by atoms with Crippen LogP contribution in [0.1, 0.15) is 19.4 Å². The van der Waals surface area contributed by atoms with Crippen molar-refractivity contribution in [3.63, 3.8) is 0 Å². The second kappa shape index (κ2) is 9.82. The van der Waals surface area contributed by atoms with Gasteiger partial charge in [-0.15, -0.1) is 0 Å². The van der Waals surface area contributed by atoms with Gasteiger partial charge in [-0.25, -0.2) is 0 Å². The van der Waals surface area contributed by atoms with E-state index >= 15 is 0 Å². The molecule has 0 aliphatic carbocycles. The summed E-state index contributed by atoms with van der Waals surface area (Å²) in [6, 6.07) is 5.67. The Morgan fingerprint density at radius 2 is 1.78 bits per heavy atom. The molecule has 8 nitrogen and oxygen atoms in total. The molecule has 1 aromatic carbocycles. The summed E-state index contributed by atoms with van der Waals surface area (Å²) in [4.78, 5) is 29.7. The number of methoxy groups -OCH3 is 2. The van der Waals surface area contributed by atoms with E-state index in [2.05, 4.69) is 4.98 Å². The van der Waals surface area contributed by atoms with Gasteiger partial charge >= 0.3 is 5.97 Å². The first-order valence-corrected chi connectivity index (χ1v) is 10.6. The number of ether oxygens (including phenoxy) is 2. The fourth-order valence-electron chi connectivity index (χ4n) is 3.92. The van der Waals surface area contributed by atoms with Crippen molar-refractivity contribution in [2.45, 2.75) is 20.4 Å². The van der Waals surface area contributed by atoms with Crippen molar-refractivity contribution in [2.75, 3.05) is 27.3 Å². The first kappa shape index (κ1) is 23.3. The zero-order chi connectivity index (χ0) is 23.4. The molecule has 2 aromatic heterocycles. The first-order valence-electron chi connectivity index (χ1n) is 10.6. The summed E-state index contributed by atoms with van der Waals surface area (Å²) in [6.07, 6.45) is 5.04. The molecule has 3 aromatic rings. The molecule has 0 unspecified atom stereocenters. The van der Waals surface area contributed by atoms with Crippen molar-refractivity contribution in [1.82, 2.24) is 14.5 Å². The Kier molecular flexibility index (Phi) is 7.15. The van der Waals surface area contributed by atoms with E-state index in [4.69, 9.17) is 14.6 Å². The number of aliphatic carboxylic acids is 1. The molecule has 1 aliphatic rings. The van der Waals surface area contributed by atoms with Crippen LogP contribution in [0, 0.1) is 5.92 Å². The molecular weight excluding hydrogens is 410 g/mol. The van der Waals surface area contributed by atoms with E-state index in [1.807, 2.05) is 36.9 Å². The van der Waals surface area contributed by atoms with Crippen LogP contribution in [0.5, 0.6) is 11.5 Å². The molecule has 4 rings (SSSR count). The minimum absolute atomic E-state index is 0.108. The molecule has 1 N–H and O–H groups in total. The molecular formula is C24H29N3O5. The minimum Gasteiger partial charge on any atom is -0.496 e. The number of nitrogens with zero attached hydrogens (tertiary/aromatic N) is 3. The van der Waals surface area contributed by atoms with Crippen LogP contribution in [0.4, 0.5) is 0 Å². The monoisotopic (exact) mass is 439 g/mol. The van der Waals surface area contributed by atoms with Crippen LogP contribution < -0.4 is 15.0 Å². The molecule has 3 heterocycles. The summed E-state index contributed by atoms with van der Waals surface area (Å²) in [5, 5.41) is 10.4. The van der Waals surface area contributed by atoms with E-state index in [-0.39, 0.29) is 11.5 Å². The van der Waals surface area contributed by atoms with E-state index in [1.165, 1.54) is 4.57 Å². The second-order valence-corrected chi connectivity index (χ2v) is 7.47. The maximum Gasteiger partial charge on any atom is 0.309 e. The Bertz CT molecular complexity index is 1160. The lowest BCUT2D eigenvalue weighted by molar-refractivity contribution is -0.147. The van der Waals surface area contributed by atoms with Gasteiger partial charge in [0.2, 0.25) is 0 Å². The third kappa shape index (κ3) is 4.31. The van der Waals surface area contributed by atoms with Crippen LogP contribution in [0.2, 0.25) is 0 Å². The highest BCUT2D eigenvalue weighted by Gasteiger charge is 2.33. The fourth-order valence-corrected chi connectivity index (χ4v) is 3.92. The van der Waals surface area contributed by atoms with Gasteiger partial charge in [-0.3, -0.25) is 19.5 Å². The number of hydrogen-bond acceptors (Lipinski definition) is 6. The highest BCUT2D eigenvalue weighted by atomic mass is 16.5. The summed E-state index contributed by atoms with van der Waals surface area (Å²) >= 11 is 0. The number of rotatable bonds is 6. The second-order valence-electron chi connectivity index (χ2n) is 7.47. The molecule has 1 fully saturated rings. The van der Waals surface area contributed by atoms with Gasteiger partial charge in [-0.2, -0.15) is 0 Å². The number of fused-ring (bicyclic) bond motifs is 1. The fraction of sp³-hybridized carbons (Fsp3) is 0.375. The van der Waals surface area contributed by atoms with Gasteiger partial charge in [0.05, 0.1) is 31.1 Å². The largest absolute Gasteiger partial charge is 0.496 e. The van der Waals surface area contributed by atoms with Gasteiger partial charge in [0.15, 0.2) is 0 Å². The average Bonchev–Trinajstić information content (AvgIpc) is 2.79. The van der Waals surface area contributed by atoms with E-state index in [0.29, 0.717) is 36.5 Å². The van der Waals surface area contributed by atoms with Gasteiger partial charge in [-0.1, -0.05) is 13.8 Å². The van der Waals surface area contributed by atoms with Crippen LogP contribution in [-0.4, -0.2) is 52.8 Å². The van der Waals surface area contributed by atoms with Gasteiger partial charge in [0.25, 0.3) is 5.56 Å². The maximum atomic E-state index is 12.5. The number of carboxylic acid groups (broad SMARTS) is 1. The zero-order valence-corrected chi connectivity index (χ0v) is 19.1. The van der Waals surface area contributed by atoms with Crippen molar-refractivity contribution in [3.05, 3.63) is 52.7 Å². The SMILES string of the molecule is CC.COc1cc(-c2cn(C)c(=O)c3cnccc23)cc(OC)c1CN1CC(C(=O)O)C1. The number of aromatic nitrogens is 2. The standard InChI is InChI=1S/C22H23N3O5.C2H6/c1-24-11-17(15-4-5-23-8-16(15)21(24)26)13-6-19(29-2)18(20(7-13)30-3)12-25-9-14(10-25)22(27)28;1-2/h4-8,11,14H,9-10,12H2,1-3H3,(H,27,28);1-2H3. The quantitative estimate of drug-likeness (QED) is 0.630. The predicted molar refractivity (Wildman–Crippen MR) is 123 cm³/mol. The number of benzene rings is 1. The Hall–Kier alpha value is -3.39. The molecule has 8 heteroatoms. The van der Waals surface area contributed by atoms with E-state index in [9.17, 15) is 9.59 Å². The predicted octanol–water partition coefficient (Wildman–Crippen LogP) is 3.16. The van der Waals surface area contributed by atoms with Gasteiger partial charge in [0.1, 0.15) is 11.5 Å². The molecule has 0 spiro atoms. The first-order chi connectivity index (χ1) is 15.4. The van der Waals surface area contributed by atoms with Crippen LogP contribution >= 0.6 is 0 Å². The molecule has 32 heavy (non-hydrogen) atoms. The summed E-state index contributed by atoms with van der Waals surface area (Å²) in [5.41, 5.74) is 2.48. The van der Waals surface area contributed by atoms with Crippen molar-refractivity contribution in [1.29, 1.82) is 0 Å². The Morgan fingerprint density at radius 1 is 1.16 bits per heavy atom. The lowest BCUT2D eigenvalue weighted by atomic mass is 9.96. The van der Waals surface area contributed by atoms with Crippen LogP contribution in [0.25, 0.3) is 21.9 Å². The Balaban J connectivity index is 0.00000141. The number of carbonyl (C=O) groups is 1. The smallest absolute Gasteiger partial charge is 0.309 e. The van der Waals surface area contributed by atoms with Gasteiger partial charge in [-0.05, 0) is 29.1 Å². The molecule has 0 radical (unpaired) electrons. The van der Waals surface area contributed by atoms with Crippen molar-refractivity contribution in [2.24, 2.45) is 13.0 Å². The van der Waals surface area contributed by atoms with Gasteiger partial charge in [0, 0.05) is 50.8 Å². The van der Waals surface area contributed by atoms with Crippen LogP contribution in [0.15, 0.2) is 41.6 Å². The molecule has 170 valence electrons. The third-order valence-electron chi connectivity index (χ3n) is 5.59. The Labute approximate surface area is 187 Å². The van der Waals surface area contributed by atoms with Crippen molar-refractivity contribution >= 4 is 16.7 Å².